The average molecular weight is 585 g/mol. The molecule has 2 aliphatic carbocycles. The number of benzene rings is 1. The first kappa shape index (κ1) is 27.4. The maximum absolute atomic E-state index is 14.0. The van der Waals surface area contributed by atoms with Crippen LogP contribution >= 0.6 is 11.3 Å². The van der Waals surface area contributed by atoms with Gasteiger partial charge in [0.2, 0.25) is 5.91 Å². The number of nitrogens with zero attached hydrogens (tertiary/aromatic N) is 3. The van der Waals surface area contributed by atoms with Gasteiger partial charge in [-0.05, 0) is 55.2 Å². The predicted molar refractivity (Wildman–Crippen MR) is 157 cm³/mol. The molecule has 0 bridgehead atoms. The number of aromatic nitrogens is 3. The molecule has 0 saturated heterocycles. The molecule has 2 aliphatic rings. The second-order valence-electron chi connectivity index (χ2n) is 10.2. The maximum atomic E-state index is 14.0. The quantitative estimate of drug-likeness (QED) is 0.158. The number of anilines is 1. The van der Waals surface area contributed by atoms with Gasteiger partial charge in [-0.2, -0.15) is 0 Å². The van der Waals surface area contributed by atoms with Crippen LogP contribution in [0, 0.1) is 0 Å². The van der Waals surface area contributed by atoms with Gasteiger partial charge >= 0.3 is 6.01 Å². The lowest BCUT2D eigenvalue weighted by atomic mass is 9.72. The monoisotopic (exact) mass is 584 g/mol. The second kappa shape index (κ2) is 10.6. The number of nitrogens with one attached hydrogen (secondary N) is 2. The Morgan fingerprint density at radius 1 is 1.10 bits per heavy atom. The summed E-state index contributed by atoms with van der Waals surface area (Å²) >= 11 is 1.16. The Morgan fingerprint density at radius 2 is 1.83 bits per heavy atom. The molecule has 1 fully saturated rings. The number of thiophene rings is 1. The van der Waals surface area contributed by atoms with Crippen molar-refractivity contribution in [1.29, 1.82) is 0 Å². The Morgan fingerprint density at radius 3 is 2.52 bits per heavy atom. The van der Waals surface area contributed by atoms with Crippen LogP contribution < -0.4 is 32.6 Å². The van der Waals surface area contributed by atoms with E-state index >= 15 is 0 Å². The Bertz CT molecular complexity index is 1730. The van der Waals surface area contributed by atoms with Gasteiger partial charge in [0.25, 0.3) is 5.91 Å². The average Bonchev–Trinajstić information content (AvgIpc) is 3.61. The summed E-state index contributed by atoms with van der Waals surface area (Å²) in [4.78, 5) is 52.3. The van der Waals surface area contributed by atoms with Crippen molar-refractivity contribution in [2.45, 2.75) is 42.9 Å². The number of hydrogen-bond donors (Lipinski definition) is 5. The SMILES string of the molecule is C=CC(=O)N[C@H]1CCC[C@H]1NC(=O)c1sc2c(N)ccc3c2c1C(N)C(=O)C3(N)c1ccc(Oc2ncccn2)cn1. The second-order valence-corrected chi connectivity index (χ2v) is 11.3. The molecular formula is C29H28N8O4S. The van der Waals surface area contributed by atoms with Gasteiger partial charge in [-0.15, -0.1) is 11.3 Å². The van der Waals surface area contributed by atoms with Crippen molar-refractivity contribution in [1.82, 2.24) is 25.6 Å². The number of carbonyl (C=O) groups is 3. The first-order valence-electron chi connectivity index (χ1n) is 13.3. The summed E-state index contributed by atoms with van der Waals surface area (Å²) in [5.41, 5.74) is 19.6. The molecule has 2 unspecified atom stereocenters. The molecular weight excluding hydrogens is 556 g/mol. The van der Waals surface area contributed by atoms with Crippen molar-refractivity contribution in [3.8, 4) is 11.8 Å². The number of Topliss-reactive ketones (excluding diaryl/α,β-unsaturated/α-hetero) is 1. The number of ether oxygens (including phenoxy) is 1. The van der Waals surface area contributed by atoms with Gasteiger partial charge in [-0.3, -0.25) is 19.4 Å². The number of hydrogen-bond acceptors (Lipinski definition) is 11. The van der Waals surface area contributed by atoms with Gasteiger partial charge in [0.15, 0.2) is 5.78 Å². The van der Waals surface area contributed by atoms with Crippen LogP contribution in [-0.4, -0.2) is 44.6 Å². The lowest BCUT2D eigenvalue weighted by Crippen LogP contribution is -2.53. The van der Waals surface area contributed by atoms with Crippen molar-refractivity contribution in [2.75, 3.05) is 5.73 Å². The van der Waals surface area contributed by atoms with Crippen LogP contribution in [0.25, 0.3) is 10.1 Å². The molecule has 3 heterocycles. The van der Waals surface area contributed by atoms with Crippen LogP contribution in [0.4, 0.5) is 5.69 Å². The van der Waals surface area contributed by atoms with Crippen LogP contribution in [0.15, 0.2) is 61.6 Å². The summed E-state index contributed by atoms with van der Waals surface area (Å²) < 4.78 is 6.23. The van der Waals surface area contributed by atoms with Crippen LogP contribution in [0.1, 0.15) is 51.8 Å². The fraction of sp³-hybridized carbons (Fsp3) is 0.241. The Labute approximate surface area is 244 Å². The van der Waals surface area contributed by atoms with Crippen molar-refractivity contribution >= 4 is 44.7 Å². The molecule has 42 heavy (non-hydrogen) atoms. The van der Waals surface area contributed by atoms with Crippen molar-refractivity contribution in [2.24, 2.45) is 11.5 Å². The lowest BCUT2D eigenvalue weighted by molar-refractivity contribution is -0.124. The summed E-state index contributed by atoms with van der Waals surface area (Å²) in [5, 5.41) is 6.48. The standard InChI is InChI=1S/C29H28N8O4S/c1-2-20(38)36-17-5-3-6-18(17)37-27(40)25-22-21-15(8-9-16(30)24(21)42-25)29(32,26(39)23(22)31)19-10-7-14(13-35-19)41-28-33-11-4-12-34-28/h2,4,7-13,17-18,23H,1,3,5-6,30-32H2,(H,36,38)(H,37,40)/t17-,18+,23?,29?/m0/s1. The van der Waals surface area contributed by atoms with Crippen LogP contribution in [0.2, 0.25) is 0 Å². The van der Waals surface area contributed by atoms with Gasteiger partial charge in [0.1, 0.15) is 11.3 Å². The minimum absolute atomic E-state index is 0.145. The van der Waals surface area contributed by atoms with Crippen molar-refractivity contribution < 1.29 is 19.1 Å². The van der Waals surface area contributed by atoms with Gasteiger partial charge < -0.3 is 32.6 Å². The highest BCUT2D eigenvalue weighted by atomic mass is 32.1. The Balaban J connectivity index is 1.37. The molecule has 2 amide bonds. The molecule has 4 aromatic rings. The van der Waals surface area contributed by atoms with E-state index in [0.717, 1.165) is 24.2 Å². The number of rotatable bonds is 7. The number of amides is 2. The van der Waals surface area contributed by atoms with E-state index in [1.54, 1.807) is 42.7 Å². The molecule has 1 saturated carbocycles. The molecule has 214 valence electrons. The summed E-state index contributed by atoms with van der Waals surface area (Å²) in [6.07, 6.45) is 7.99. The molecule has 0 spiro atoms. The zero-order chi connectivity index (χ0) is 29.6. The van der Waals surface area contributed by atoms with E-state index < -0.39 is 23.3 Å². The highest BCUT2D eigenvalue weighted by Gasteiger charge is 2.50. The number of carbonyl (C=O) groups excluding carboxylic acids is 3. The molecule has 8 N–H and O–H groups in total. The van der Waals surface area contributed by atoms with E-state index in [4.69, 9.17) is 21.9 Å². The molecule has 0 radical (unpaired) electrons. The Kier molecular flexibility index (Phi) is 6.93. The molecule has 1 aromatic carbocycles. The lowest BCUT2D eigenvalue weighted by Gasteiger charge is -2.35. The summed E-state index contributed by atoms with van der Waals surface area (Å²) in [6.45, 7) is 3.49. The zero-order valence-corrected chi connectivity index (χ0v) is 23.2. The third-order valence-corrected chi connectivity index (χ3v) is 9.01. The Hall–Kier alpha value is -4.72. The van der Waals surface area contributed by atoms with Crippen LogP contribution in [0.3, 0.4) is 0 Å². The van der Waals surface area contributed by atoms with E-state index in [9.17, 15) is 14.4 Å². The van der Waals surface area contributed by atoms with E-state index in [-0.39, 0.29) is 34.6 Å². The molecule has 0 aliphatic heterocycles. The van der Waals surface area contributed by atoms with Gasteiger partial charge in [0.05, 0.1) is 27.5 Å². The van der Waals surface area contributed by atoms with E-state index in [0.29, 0.717) is 39.1 Å². The molecule has 3 aromatic heterocycles. The summed E-state index contributed by atoms with van der Waals surface area (Å²) in [7, 11) is 0. The number of pyridine rings is 1. The molecule has 13 heteroatoms. The van der Waals surface area contributed by atoms with Crippen LogP contribution in [0.5, 0.6) is 11.8 Å². The van der Waals surface area contributed by atoms with E-state index in [1.165, 1.54) is 12.3 Å². The predicted octanol–water partition coefficient (Wildman–Crippen LogP) is 2.20. The van der Waals surface area contributed by atoms with Crippen molar-refractivity contribution in [3.05, 3.63) is 83.3 Å². The van der Waals surface area contributed by atoms with Crippen molar-refractivity contribution in [3.63, 3.8) is 0 Å². The summed E-state index contributed by atoms with van der Waals surface area (Å²) in [6, 6.07) is 6.63. The first-order chi connectivity index (χ1) is 20.2. The van der Waals surface area contributed by atoms with E-state index in [2.05, 4.69) is 32.2 Å². The third-order valence-electron chi connectivity index (χ3n) is 7.76. The zero-order valence-electron chi connectivity index (χ0n) is 22.4. The summed E-state index contributed by atoms with van der Waals surface area (Å²) in [5.74, 6) is -0.854. The normalized spacial score (nSPS) is 23.0. The fourth-order valence-electron chi connectivity index (χ4n) is 5.71. The highest BCUT2D eigenvalue weighted by Crippen LogP contribution is 2.49. The number of ketones is 1. The largest absolute Gasteiger partial charge is 0.423 e. The molecule has 6 rings (SSSR count). The van der Waals surface area contributed by atoms with Gasteiger partial charge in [-0.25, -0.2) is 9.97 Å². The highest BCUT2D eigenvalue weighted by molar-refractivity contribution is 7.21. The fourth-order valence-corrected chi connectivity index (χ4v) is 6.92. The minimum Gasteiger partial charge on any atom is -0.423 e. The van der Waals surface area contributed by atoms with Crippen LogP contribution in [-0.2, 0) is 15.1 Å². The van der Waals surface area contributed by atoms with Gasteiger partial charge in [-0.1, -0.05) is 12.6 Å². The maximum Gasteiger partial charge on any atom is 0.321 e. The van der Waals surface area contributed by atoms with E-state index in [1.807, 2.05) is 0 Å². The molecule has 4 atom stereocenters. The first-order valence-corrected chi connectivity index (χ1v) is 14.1. The smallest absolute Gasteiger partial charge is 0.321 e. The third kappa shape index (κ3) is 4.47. The molecule has 12 nitrogen and oxygen atoms in total. The number of nitrogens with two attached hydrogens (primary N) is 3. The topological polar surface area (TPSA) is 201 Å². The minimum atomic E-state index is -1.71. The number of nitrogen functional groups attached to an aromatic ring is 1. The van der Waals surface area contributed by atoms with Gasteiger partial charge in [0, 0.05) is 41.1 Å².